The largest absolute Gasteiger partial charge is 0.290 e. The van der Waals surface area contributed by atoms with E-state index in [-0.39, 0.29) is 11.7 Å². The SMILES string of the molecule is O=C(NN=Cc1ccc(Cl)cc1)c1csc(N2N=C(c3ccccc3)CC2c2ccc(Cl)cc2)n1. The molecule has 1 aliphatic heterocycles. The Hall–Kier alpha value is -3.52. The molecular formula is C26H19Cl2N5OS. The predicted octanol–water partition coefficient (Wildman–Crippen LogP) is 6.57. The Morgan fingerprint density at radius 1 is 1.00 bits per heavy atom. The van der Waals surface area contributed by atoms with Crippen LogP contribution in [0.2, 0.25) is 10.0 Å². The average Bonchev–Trinajstić information content (AvgIpc) is 3.54. The van der Waals surface area contributed by atoms with Crippen LogP contribution in [0.4, 0.5) is 5.13 Å². The fourth-order valence-corrected chi connectivity index (χ4v) is 4.74. The van der Waals surface area contributed by atoms with Crippen molar-refractivity contribution in [2.45, 2.75) is 12.5 Å². The van der Waals surface area contributed by atoms with Gasteiger partial charge in [-0.1, -0.05) is 77.8 Å². The van der Waals surface area contributed by atoms with Crippen molar-refractivity contribution in [3.05, 3.63) is 117 Å². The summed E-state index contributed by atoms with van der Waals surface area (Å²) in [6.45, 7) is 0. The maximum atomic E-state index is 12.6. The van der Waals surface area contributed by atoms with E-state index < -0.39 is 5.91 Å². The zero-order valence-electron chi connectivity index (χ0n) is 18.3. The minimum absolute atomic E-state index is 0.0625. The van der Waals surface area contributed by atoms with Gasteiger partial charge in [0.05, 0.1) is 18.0 Å². The third-order valence-electron chi connectivity index (χ3n) is 5.44. The molecule has 2 heterocycles. The molecule has 0 aliphatic carbocycles. The third kappa shape index (κ3) is 5.43. The minimum atomic E-state index is -0.396. The summed E-state index contributed by atoms with van der Waals surface area (Å²) < 4.78 is 0. The molecule has 3 aromatic carbocycles. The first-order chi connectivity index (χ1) is 17.1. The van der Waals surface area contributed by atoms with E-state index in [1.165, 1.54) is 11.3 Å². The van der Waals surface area contributed by atoms with Gasteiger partial charge in [0.2, 0.25) is 5.13 Å². The van der Waals surface area contributed by atoms with Gasteiger partial charge in [-0.15, -0.1) is 11.3 Å². The standard InChI is InChI=1S/C26H19Cl2N5OS/c27-20-10-6-17(7-11-20)15-29-31-25(34)23-16-35-26(30-23)33-24(19-8-12-21(28)13-9-19)14-22(32-33)18-4-2-1-3-5-18/h1-13,15-16,24H,14H2,(H,31,34). The Morgan fingerprint density at radius 3 is 2.40 bits per heavy atom. The minimum Gasteiger partial charge on any atom is -0.266 e. The number of hydrogen-bond donors (Lipinski definition) is 1. The van der Waals surface area contributed by atoms with E-state index in [9.17, 15) is 4.79 Å². The van der Waals surface area contributed by atoms with Gasteiger partial charge >= 0.3 is 0 Å². The molecule has 9 heteroatoms. The molecule has 1 N–H and O–H groups in total. The molecule has 0 fully saturated rings. The van der Waals surface area contributed by atoms with Gasteiger partial charge in [0.25, 0.3) is 5.91 Å². The Morgan fingerprint density at radius 2 is 1.69 bits per heavy atom. The van der Waals surface area contributed by atoms with Gasteiger partial charge in [-0.05, 0) is 41.0 Å². The maximum absolute atomic E-state index is 12.6. The Balaban J connectivity index is 1.37. The molecule has 0 saturated carbocycles. The lowest BCUT2D eigenvalue weighted by Crippen LogP contribution is -2.20. The molecule has 1 unspecified atom stereocenters. The van der Waals surface area contributed by atoms with Gasteiger partial charge in [0.15, 0.2) is 0 Å². The highest BCUT2D eigenvalue weighted by molar-refractivity contribution is 7.14. The van der Waals surface area contributed by atoms with Crippen LogP contribution in [0.1, 0.15) is 39.6 Å². The number of benzene rings is 3. The normalized spacial score (nSPS) is 15.4. The van der Waals surface area contributed by atoms with Crippen LogP contribution in [0.5, 0.6) is 0 Å². The zero-order chi connectivity index (χ0) is 24.2. The number of hydrazone groups is 2. The number of carbonyl (C=O) groups excluding carboxylic acids is 1. The fourth-order valence-electron chi connectivity index (χ4n) is 3.68. The van der Waals surface area contributed by atoms with Crippen LogP contribution in [0.15, 0.2) is 94.4 Å². The van der Waals surface area contributed by atoms with Crippen LogP contribution in [0.3, 0.4) is 0 Å². The first-order valence-electron chi connectivity index (χ1n) is 10.8. The van der Waals surface area contributed by atoms with E-state index >= 15 is 0 Å². The average molecular weight is 520 g/mol. The van der Waals surface area contributed by atoms with Gasteiger partial charge in [-0.3, -0.25) is 4.79 Å². The summed E-state index contributed by atoms with van der Waals surface area (Å²) in [6.07, 6.45) is 2.26. The number of anilines is 1. The summed E-state index contributed by atoms with van der Waals surface area (Å²) in [5, 5.41) is 14.4. The first-order valence-corrected chi connectivity index (χ1v) is 12.4. The molecule has 4 aromatic rings. The Kier molecular flexibility index (Phi) is 6.90. The highest BCUT2D eigenvalue weighted by Crippen LogP contribution is 2.38. The van der Waals surface area contributed by atoms with E-state index in [0.717, 1.165) is 22.4 Å². The maximum Gasteiger partial charge on any atom is 0.290 e. The molecule has 35 heavy (non-hydrogen) atoms. The van der Waals surface area contributed by atoms with Crippen molar-refractivity contribution in [3.63, 3.8) is 0 Å². The number of nitrogens with one attached hydrogen (secondary N) is 1. The van der Waals surface area contributed by atoms with E-state index in [1.54, 1.807) is 23.7 Å². The van der Waals surface area contributed by atoms with Crippen LogP contribution >= 0.6 is 34.5 Å². The molecule has 0 radical (unpaired) electrons. The summed E-state index contributed by atoms with van der Waals surface area (Å²) in [5.74, 6) is -0.396. The molecule has 1 aliphatic rings. The molecule has 6 nitrogen and oxygen atoms in total. The second-order valence-corrected chi connectivity index (χ2v) is 9.50. The number of amides is 1. The lowest BCUT2D eigenvalue weighted by atomic mass is 9.99. The van der Waals surface area contributed by atoms with E-state index in [1.807, 2.05) is 71.7 Å². The monoisotopic (exact) mass is 519 g/mol. The van der Waals surface area contributed by atoms with E-state index in [0.29, 0.717) is 21.6 Å². The third-order valence-corrected chi connectivity index (χ3v) is 6.78. The van der Waals surface area contributed by atoms with Crippen LogP contribution in [-0.2, 0) is 0 Å². The predicted molar refractivity (Wildman–Crippen MR) is 143 cm³/mol. The number of carbonyl (C=O) groups is 1. The van der Waals surface area contributed by atoms with E-state index in [2.05, 4.69) is 15.5 Å². The number of halogens is 2. The molecule has 174 valence electrons. The molecule has 1 amide bonds. The smallest absolute Gasteiger partial charge is 0.266 e. The second-order valence-electron chi connectivity index (χ2n) is 7.79. The summed E-state index contributed by atoms with van der Waals surface area (Å²) in [6, 6.07) is 24.9. The van der Waals surface area contributed by atoms with Gasteiger partial charge in [0, 0.05) is 21.8 Å². The van der Waals surface area contributed by atoms with Gasteiger partial charge in [0.1, 0.15) is 5.69 Å². The van der Waals surface area contributed by atoms with Crippen LogP contribution in [-0.4, -0.2) is 22.8 Å². The van der Waals surface area contributed by atoms with Crippen molar-refractivity contribution in [1.29, 1.82) is 0 Å². The van der Waals surface area contributed by atoms with Crippen LogP contribution < -0.4 is 10.4 Å². The van der Waals surface area contributed by atoms with Crippen molar-refractivity contribution < 1.29 is 4.79 Å². The summed E-state index contributed by atoms with van der Waals surface area (Å²) in [5.41, 5.74) is 6.70. The second kappa shape index (κ2) is 10.4. The van der Waals surface area contributed by atoms with Crippen LogP contribution in [0.25, 0.3) is 0 Å². The number of nitrogens with zero attached hydrogens (tertiary/aromatic N) is 4. The molecule has 5 rings (SSSR count). The fraction of sp³-hybridized carbons (Fsp3) is 0.0769. The summed E-state index contributed by atoms with van der Waals surface area (Å²) >= 11 is 13.4. The van der Waals surface area contributed by atoms with Crippen molar-refractivity contribution >= 4 is 57.5 Å². The Bertz CT molecular complexity index is 1390. The molecule has 1 aromatic heterocycles. The van der Waals surface area contributed by atoms with Gasteiger partial charge in [-0.2, -0.15) is 10.2 Å². The number of aromatic nitrogens is 1. The molecule has 1 atom stereocenters. The molecular weight excluding hydrogens is 501 g/mol. The topological polar surface area (TPSA) is 70.0 Å². The zero-order valence-corrected chi connectivity index (χ0v) is 20.6. The van der Waals surface area contributed by atoms with E-state index in [4.69, 9.17) is 28.3 Å². The van der Waals surface area contributed by atoms with Crippen molar-refractivity contribution in [2.24, 2.45) is 10.2 Å². The quantitative estimate of drug-likeness (QED) is 0.231. The molecule has 0 spiro atoms. The summed E-state index contributed by atoms with van der Waals surface area (Å²) in [4.78, 5) is 17.2. The Labute approximate surface area is 216 Å². The lowest BCUT2D eigenvalue weighted by molar-refractivity contribution is 0.0951. The van der Waals surface area contributed by atoms with Crippen molar-refractivity contribution in [3.8, 4) is 0 Å². The van der Waals surface area contributed by atoms with Crippen molar-refractivity contribution in [2.75, 3.05) is 5.01 Å². The first kappa shape index (κ1) is 23.2. The summed E-state index contributed by atoms with van der Waals surface area (Å²) in [7, 11) is 0. The van der Waals surface area contributed by atoms with Gasteiger partial charge < -0.3 is 0 Å². The lowest BCUT2D eigenvalue weighted by Gasteiger charge is -2.21. The highest BCUT2D eigenvalue weighted by Gasteiger charge is 2.32. The van der Waals surface area contributed by atoms with Crippen LogP contribution in [0, 0.1) is 0 Å². The molecule has 0 bridgehead atoms. The number of thiazole rings is 1. The number of rotatable bonds is 6. The number of hydrogen-bond acceptors (Lipinski definition) is 6. The highest BCUT2D eigenvalue weighted by atomic mass is 35.5. The molecule has 0 saturated heterocycles. The van der Waals surface area contributed by atoms with Gasteiger partial charge in [-0.25, -0.2) is 15.4 Å². The van der Waals surface area contributed by atoms with Crippen molar-refractivity contribution in [1.82, 2.24) is 10.4 Å².